The molecule has 0 aliphatic carbocycles. The second-order valence-electron chi connectivity index (χ2n) is 25.6. The fraction of sp³-hybridized carbons (Fsp3) is 0.908. The topological polar surface area (TPSA) is 78.9 Å². The van der Waals surface area contributed by atoms with Crippen LogP contribution in [-0.4, -0.2) is 37.2 Å². The molecular weight excluding hydrogens is 1010 g/mol. The summed E-state index contributed by atoms with van der Waals surface area (Å²) in [6.07, 6.45) is 88.2. The van der Waals surface area contributed by atoms with Crippen molar-refractivity contribution in [3.63, 3.8) is 0 Å². The summed E-state index contributed by atoms with van der Waals surface area (Å²) >= 11 is 0. The highest BCUT2D eigenvalue weighted by molar-refractivity contribution is 5.71. The van der Waals surface area contributed by atoms with Crippen LogP contribution in [0.4, 0.5) is 0 Å². The number of hydrogen-bond acceptors (Lipinski definition) is 6. The molecule has 6 nitrogen and oxygen atoms in total. The van der Waals surface area contributed by atoms with Crippen molar-refractivity contribution in [1.29, 1.82) is 0 Å². The zero-order chi connectivity index (χ0) is 59.2. The van der Waals surface area contributed by atoms with Gasteiger partial charge in [0, 0.05) is 19.3 Å². The zero-order valence-electron chi connectivity index (χ0n) is 55.8. The van der Waals surface area contributed by atoms with E-state index in [0.29, 0.717) is 19.3 Å². The molecule has 6 heteroatoms. The van der Waals surface area contributed by atoms with Crippen molar-refractivity contribution in [3.05, 3.63) is 24.3 Å². The van der Waals surface area contributed by atoms with Gasteiger partial charge in [0.05, 0.1) is 0 Å². The van der Waals surface area contributed by atoms with Crippen LogP contribution in [-0.2, 0) is 28.6 Å². The second-order valence-corrected chi connectivity index (χ2v) is 25.6. The largest absolute Gasteiger partial charge is 0.462 e. The first-order valence-corrected chi connectivity index (χ1v) is 37.3. The number of carbonyl (C=O) groups is 3. The number of unbranched alkanes of at least 4 members (excludes halogenated alkanes) is 55. The molecule has 1 unspecified atom stereocenters. The number of hydrogen-bond donors (Lipinski definition) is 0. The van der Waals surface area contributed by atoms with E-state index in [1.165, 1.54) is 308 Å². The van der Waals surface area contributed by atoms with Crippen LogP contribution in [0.5, 0.6) is 0 Å². The van der Waals surface area contributed by atoms with Gasteiger partial charge in [-0.15, -0.1) is 0 Å². The Kier molecular flexibility index (Phi) is 69.5. The van der Waals surface area contributed by atoms with Crippen LogP contribution < -0.4 is 0 Å². The van der Waals surface area contributed by atoms with Gasteiger partial charge in [-0.1, -0.05) is 379 Å². The maximum atomic E-state index is 12.9. The van der Waals surface area contributed by atoms with Crippen molar-refractivity contribution in [1.82, 2.24) is 0 Å². The minimum absolute atomic E-state index is 0.0709. The van der Waals surface area contributed by atoms with E-state index >= 15 is 0 Å². The molecular formula is C76H144O6. The van der Waals surface area contributed by atoms with Gasteiger partial charge in [0.1, 0.15) is 13.2 Å². The Labute approximate surface area is 513 Å². The highest BCUT2D eigenvalue weighted by Crippen LogP contribution is 2.19. The van der Waals surface area contributed by atoms with E-state index in [-0.39, 0.29) is 31.1 Å². The SMILES string of the molecule is CCCCCC/C=C\C/C=C\CCCCCCCC(=O)OC(COC(=O)CCCCCCCCCCCCCCC)COC(=O)CCCCCCCCCCCCCCCCCCCCCCCCCCCCCCCCCCCCC. The molecule has 0 aliphatic rings. The highest BCUT2D eigenvalue weighted by Gasteiger charge is 2.20. The summed E-state index contributed by atoms with van der Waals surface area (Å²) in [6.45, 7) is 6.69. The van der Waals surface area contributed by atoms with Crippen molar-refractivity contribution in [2.45, 2.75) is 431 Å². The molecule has 0 fully saturated rings. The lowest BCUT2D eigenvalue weighted by atomic mass is 10.0. The molecule has 0 spiro atoms. The lowest BCUT2D eigenvalue weighted by Gasteiger charge is -2.18. The molecule has 0 saturated carbocycles. The van der Waals surface area contributed by atoms with E-state index in [9.17, 15) is 14.4 Å². The molecule has 0 aliphatic heterocycles. The maximum Gasteiger partial charge on any atom is 0.306 e. The Hall–Kier alpha value is -2.11. The standard InChI is InChI=1S/C76H144O6/c1-4-7-10-13-16-19-22-25-27-29-30-31-32-33-34-35-36-37-38-39-40-41-42-43-44-45-46-47-49-51-54-57-60-63-66-69-75(78)81-72-73(71-80-74(77)68-65-62-59-56-53-50-24-21-18-15-12-9-6-3)82-76(79)70-67-64-61-58-55-52-48-28-26-23-20-17-14-11-8-5-2/h20,23,28,48,73H,4-19,21-22,24-27,29-47,49-72H2,1-3H3/b23-20-,48-28-. The lowest BCUT2D eigenvalue weighted by Crippen LogP contribution is -2.30. The predicted molar refractivity (Wildman–Crippen MR) is 358 cm³/mol. The molecule has 0 aromatic carbocycles. The quantitative estimate of drug-likeness (QED) is 0.0261. The van der Waals surface area contributed by atoms with Gasteiger partial charge >= 0.3 is 17.9 Å². The van der Waals surface area contributed by atoms with Gasteiger partial charge < -0.3 is 14.2 Å². The smallest absolute Gasteiger partial charge is 0.306 e. The van der Waals surface area contributed by atoms with E-state index in [2.05, 4.69) is 45.1 Å². The van der Waals surface area contributed by atoms with E-state index in [1.807, 2.05) is 0 Å². The van der Waals surface area contributed by atoms with Gasteiger partial charge in [-0.05, 0) is 51.4 Å². The zero-order valence-corrected chi connectivity index (χ0v) is 55.8. The van der Waals surface area contributed by atoms with E-state index in [0.717, 1.165) is 77.0 Å². The van der Waals surface area contributed by atoms with Crippen LogP contribution in [0, 0.1) is 0 Å². The number of esters is 3. The summed E-state index contributed by atoms with van der Waals surface area (Å²) in [5.74, 6) is -0.854. The third-order valence-electron chi connectivity index (χ3n) is 17.2. The number of rotatable bonds is 70. The van der Waals surface area contributed by atoms with Crippen LogP contribution in [0.3, 0.4) is 0 Å². The minimum atomic E-state index is -0.775. The molecule has 0 heterocycles. The summed E-state index contributed by atoms with van der Waals surface area (Å²) in [7, 11) is 0. The van der Waals surface area contributed by atoms with Crippen LogP contribution in [0.25, 0.3) is 0 Å². The van der Waals surface area contributed by atoms with Crippen LogP contribution in [0.1, 0.15) is 425 Å². The fourth-order valence-corrected chi connectivity index (χ4v) is 11.6. The first kappa shape index (κ1) is 79.9. The molecule has 0 rings (SSSR count). The van der Waals surface area contributed by atoms with Crippen LogP contribution in [0.15, 0.2) is 24.3 Å². The first-order valence-electron chi connectivity index (χ1n) is 37.3. The van der Waals surface area contributed by atoms with Gasteiger partial charge in [-0.25, -0.2) is 0 Å². The summed E-state index contributed by atoms with van der Waals surface area (Å²) in [6, 6.07) is 0. The summed E-state index contributed by atoms with van der Waals surface area (Å²) < 4.78 is 17.0. The third-order valence-corrected chi connectivity index (χ3v) is 17.2. The fourth-order valence-electron chi connectivity index (χ4n) is 11.6. The Morgan fingerprint density at radius 2 is 0.439 bits per heavy atom. The third kappa shape index (κ3) is 68.7. The van der Waals surface area contributed by atoms with Gasteiger partial charge in [0.15, 0.2) is 6.10 Å². The van der Waals surface area contributed by atoms with Crippen molar-refractivity contribution in [2.24, 2.45) is 0 Å². The molecule has 0 aromatic rings. The molecule has 0 radical (unpaired) electrons. The van der Waals surface area contributed by atoms with Gasteiger partial charge in [0.25, 0.3) is 0 Å². The van der Waals surface area contributed by atoms with Crippen molar-refractivity contribution < 1.29 is 28.6 Å². The van der Waals surface area contributed by atoms with E-state index < -0.39 is 6.10 Å². The number of carbonyl (C=O) groups excluding carboxylic acids is 3. The second kappa shape index (κ2) is 71.4. The Bertz CT molecular complexity index is 1320. The summed E-state index contributed by atoms with van der Waals surface area (Å²) in [4.78, 5) is 38.4. The van der Waals surface area contributed by atoms with Crippen molar-refractivity contribution in [3.8, 4) is 0 Å². The summed E-state index contributed by atoms with van der Waals surface area (Å²) in [5, 5.41) is 0. The molecule has 0 aromatic heterocycles. The average molecular weight is 1150 g/mol. The monoisotopic (exact) mass is 1150 g/mol. The maximum absolute atomic E-state index is 12.9. The minimum Gasteiger partial charge on any atom is -0.462 e. The Morgan fingerprint density at radius 3 is 0.683 bits per heavy atom. The first-order chi connectivity index (χ1) is 40.5. The molecule has 1 atom stereocenters. The van der Waals surface area contributed by atoms with Crippen molar-refractivity contribution in [2.75, 3.05) is 13.2 Å². The predicted octanol–water partition coefficient (Wildman–Crippen LogP) is 25.7. The number of allylic oxidation sites excluding steroid dienone is 4. The summed E-state index contributed by atoms with van der Waals surface area (Å²) in [5.41, 5.74) is 0. The van der Waals surface area contributed by atoms with E-state index in [4.69, 9.17) is 14.2 Å². The molecule has 484 valence electrons. The lowest BCUT2D eigenvalue weighted by molar-refractivity contribution is -0.167. The van der Waals surface area contributed by atoms with Crippen LogP contribution in [0.2, 0.25) is 0 Å². The molecule has 0 amide bonds. The van der Waals surface area contributed by atoms with Crippen molar-refractivity contribution >= 4 is 17.9 Å². The van der Waals surface area contributed by atoms with Gasteiger partial charge in [-0.2, -0.15) is 0 Å². The van der Waals surface area contributed by atoms with Gasteiger partial charge in [-0.3, -0.25) is 14.4 Å². The molecule has 0 bridgehead atoms. The molecule has 82 heavy (non-hydrogen) atoms. The van der Waals surface area contributed by atoms with E-state index in [1.54, 1.807) is 0 Å². The highest BCUT2D eigenvalue weighted by atomic mass is 16.6. The van der Waals surface area contributed by atoms with Crippen LogP contribution >= 0.6 is 0 Å². The Balaban J connectivity index is 4.04. The number of ether oxygens (including phenoxy) is 3. The molecule has 0 saturated heterocycles. The Morgan fingerprint density at radius 1 is 0.244 bits per heavy atom. The van der Waals surface area contributed by atoms with Gasteiger partial charge in [0.2, 0.25) is 0 Å². The molecule has 0 N–H and O–H groups in total. The average Bonchev–Trinajstić information content (AvgIpc) is 3.47. The normalized spacial score (nSPS) is 12.1.